The number of amides is 1. The topological polar surface area (TPSA) is 35.6 Å². The molecular formula is C11H23N3O. The van der Waals surface area contributed by atoms with Crippen molar-refractivity contribution in [2.45, 2.75) is 19.8 Å². The molecule has 0 bridgehead atoms. The first-order valence-corrected chi connectivity index (χ1v) is 5.92. The summed E-state index contributed by atoms with van der Waals surface area (Å²) in [7, 11) is 1.98. The van der Waals surface area contributed by atoms with Gasteiger partial charge in [-0.15, -0.1) is 0 Å². The highest BCUT2D eigenvalue weighted by molar-refractivity contribution is 5.76. The van der Waals surface area contributed by atoms with Crippen molar-refractivity contribution in [2.24, 2.45) is 0 Å². The van der Waals surface area contributed by atoms with Crippen molar-refractivity contribution in [3.8, 4) is 0 Å². The smallest absolute Gasteiger partial charge is 0.223 e. The quantitative estimate of drug-likeness (QED) is 0.660. The van der Waals surface area contributed by atoms with Gasteiger partial charge in [0.25, 0.3) is 0 Å². The molecule has 0 aromatic heterocycles. The number of hydrogen-bond donors (Lipinski definition) is 1. The molecule has 15 heavy (non-hydrogen) atoms. The van der Waals surface area contributed by atoms with Crippen LogP contribution in [-0.2, 0) is 4.79 Å². The van der Waals surface area contributed by atoms with Crippen LogP contribution in [0.25, 0.3) is 0 Å². The van der Waals surface area contributed by atoms with Crippen LogP contribution in [-0.4, -0.2) is 62.0 Å². The van der Waals surface area contributed by atoms with E-state index in [0.29, 0.717) is 12.3 Å². The van der Waals surface area contributed by atoms with Gasteiger partial charge in [0.05, 0.1) is 0 Å². The van der Waals surface area contributed by atoms with E-state index in [1.54, 1.807) is 0 Å². The lowest BCUT2D eigenvalue weighted by molar-refractivity contribution is -0.130. The Kier molecular flexibility index (Phi) is 5.65. The summed E-state index contributed by atoms with van der Waals surface area (Å²) in [6, 6.07) is 0. The minimum atomic E-state index is 0.314. The van der Waals surface area contributed by atoms with Gasteiger partial charge in [-0.3, -0.25) is 4.79 Å². The highest BCUT2D eigenvalue weighted by Crippen LogP contribution is 2.04. The summed E-state index contributed by atoms with van der Waals surface area (Å²) in [4.78, 5) is 16.0. The second kappa shape index (κ2) is 6.80. The molecule has 88 valence electrons. The summed E-state index contributed by atoms with van der Waals surface area (Å²) in [5.74, 6) is 0.314. The van der Waals surface area contributed by atoms with Crippen molar-refractivity contribution in [3.63, 3.8) is 0 Å². The Balaban J connectivity index is 2.28. The molecule has 1 N–H and O–H groups in total. The first-order chi connectivity index (χ1) is 7.27. The fourth-order valence-corrected chi connectivity index (χ4v) is 1.95. The molecule has 1 heterocycles. The van der Waals surface area contributed by atoms with E-state index >= 15 is 0 Å². The minimum Gasteiger partial charge on any atom is -0.342 e. The Hall–Kier alpha value is -0.610. The van der Waals surface area contributed by atoms with E-state index in [1.165, 1.54) is 0 Å². The van der Waals surface area contributed by atoms with E-state index in [1.807, 2.05) is 11.9 Å². The maximum Gasteiger partial charge on any atom is 0.223 e. The van der Waals surface area contributed by atoms with Gasteiger partial charge in [0.2, 0.25) is 5.91 Å². The third-order valence-electron chi connectivity index (χ3n) is 2.96. The highest BCUT2D eigenvalue weighted by atomic mass is 16.2. The lowest BCUT2D eigenvalue weighted by Gasteiger charge is -2.20. The van der Waals surface area contributed by atoms with Gasteiger partial charge in [-0.05, 0) is 33.5 Å². The molecule has 0 aliphatic carbocycles. The molecule has 0 unspecified atom stereocenters. The Morgan fingerprint density at radius 3 is 2.80 bits per heavy atom. The standard InChI is InChI=1S/C11H23N3O/c1-3-14-10-9-13(7-4-6-12-2)8-5-11(14)15/h12H,3-10H2,1-2H3. The Morgan fingerprint density at radius 2 is 2.13 bits per heavy atom. The maximum atomic E-state index is 11.6. The van der Waals surface area contributed by atoms with Crippen LogP contribution in [0.1, 0.15) is 19.8 Å². The van der Waals surface area contributed by atoms with Crippen LogP contribution >= 0.6 is 0 Å². The first kappa shape index (κ1) is 12.5. The van der Waals surface area contributed by atoms with Crippen LogP contribution in [0, 0.1) is 0 Å². The van der Waals surface area contributed by atoms with Gasteiger partial charge in [0.1, 0.15) is 0 Å². The van der Waals surface area contributed by atoms with Crippen molar-refractivity contribution in [1.29, 1.82) is 0 Å². The summed E-state index contributed by atoms with van der Waals surface area (Å²) >= 11 is 0. The Morgan fingerprint density at radius 1 is 1.33 bits per heavy atom. The van der Waals surface area contributed by atoms with Crippen molar-refractivity contribution in [3.05, 3.63) is 0 Å². The molecule has 0 aromatic rings. The van der Waals surface area contributed by atoms with E-state index in [9.17, 15) is 4.79 Å². The van der Waals surface area contributed by atoms with E-state index in [-0.39, 0.29) is 0 Å². The van der Waals surface area contributed by atoms with E-state index in [0.717, 1.165) is 45.7 Å². The second-order valence-electron chi connectivity index (χ2n) is 4.02. The van der Waals surface area contributed by atoms with Crippen LogP contribution in [0.4, 0.5) is 0 Å². The largest absolute Gasteiger partial charge is 0.342 e. The van der Waals surface area contributed by atoms with E-state index in [2.05, 4.69) is 17.1 Å². The SMILES string of the molecule is CCN1CCN(CCCNC)CCC1=O. The van der Waals surface area contributed by atoms with E-state index < -0.39 is 0 Å². The molecule has 0 spiro atoms. The van der Waals surface area contributed by atoms with Gasteiger partial charge < -0.3 is 15.1 Å². The van der Waals surface area contributed by atoms with Crippen molar-refractivity contribution >= 4 is 5.91 Å². The molecule has 1 fully saturated rings. The number of nitrogens with zero attached hydrogens (tertiary/aromatic N) is 2. The number of carbonyl (C=O) groups excluding carboxylic acids is 1. The number of likely N-dealkylation sites (N-methyl/N-ethyl adjacent to an activating group) is 1. The lowest BCUT2D eigenvalue weighted by atomic mass is 10.3. The molecule has 1 rings (SSSR count). The molecule has 0 aromatic carbocycles. The number of hydrogen-bond acceptors (Lipinski definition) is 3. The monoisotopic (exact) mass is 213 g/mol. The summed E-state index contributed by atoms with van der Waals surface area (Å²) in [6.07, 6.45) is 1.85. The summed E-state index contributed by atoms with van der Waals surface area (Å²) in [6.45, 7) is 7.92. The van der Waals surface area contributed by atoms with Crippen molar-refractivity contribution in [2.75, 3.05) is 46.3 Å². The fraction of sp³-hybridized carbons (Fsp3) is 0.909. The molecule has 1 aliphatic rings. The summed E-state index contributed by atoms with van der Waals surface area (Å²) < 4.78 is 0. The fourth-order valence-electron chi connectivity index (χ4n) is 1.95. The van der Waals surface area contributed by atoms with Crippen molar-refractivity contribution < 1.29 is 4.79 Å². The van der Waals surface area contributed by atoms with Gasteiger partial charge >= 0.3 is 0 Å². The van der Waals surface area contributed by atoms with Gasteiger partial charge in [0.15, 0.2) is 0 Å². The van der Waals surface area contributed by atoms with Crippen LogP contribution in [0.15, 0.2) is 0 Å². The third-order valence-corrected chi connectivity index (χ3v) is 2.96. The zero-order chi connectivity index (χ0) is 11.1. The minimum absolute atomic E-state index is 0.314. The molecule has 0 saturated carbocycles. The van der Waals surface area contributed by atoms with Gasteiger partial charge in [-0.2, -0.15) is 0 Å². The second-order valence-corrected chi connectivity index (χ2v) is 4.02. The molecule has 4 nitrogen and oxygen atoms in total. The number of rotatable bonds is 5. The third kappa shape index (κ3) is 4.18. The van der Waals surface area contributed by atoms with Crippen molar-refractivity contribution in [1.82, 2.24) is 15.1 Å². The average Bonchev–Trinajstić information content (AvgIpc) is 2.42. The average molecular weight is 213 g/mol. The molecule has 1 saturated heterocycles. The van der Waals surface area contributed by atoms with Gasteiger partial charge in [-0.1, -0.05) is 0 Å². The molecular weight excluding hydrogens is 190 g/mol. The Bertz CT molecular complexity index is 196. The normalized spacial score (nSPS) is 19.3. The predicted octanol–water partition coefficient (Wildman–Crippen LogP) is 0.150. The zero-order valence-corrected chi connectivity index (χ0v) is 9.96. The van der Waals surface area contributed by atoms with Gasteiger partial charge in [-0.25, -0.2) is 0 Å². The number of nitrogens with one attached hydrogen (secondary N) is 1. The number of carbonyl (C=O) groups is 1. The predicted molar refractivity (Wildman–Crippen MR) is 61.9 cm³/mol. The van der Waals surface area contributed by atoms with E-state index in [4.69, 9.17) is 0 Å². The van der Waals surface area contributed by atoms with Crippen LogP contribution in [0.5, 0.6) is 0 Å². The highest BCUT2D eigenvalue weighted by Gasteiger charge is 2.18. The van der Waals surface area contributed by atoms with Crippen LogP contribution in [0.3, 0.4) is 0 Å². The lowest BCUT2D eigenvalue weighted by Crippen LogP contribution is -2.33. The molecule has 1 amide bonds. The molecule has 1 aliphatic heterocycles. The van der Waals surface area contributed by atoms with Crippen LogP contribution < -0.4 is 5.32 Å². The van der Waals surface area contributed by atoms with Crippen LogP contribution in [0.2, 0.25) is 0 Å². The maximum absolute atomic E-state index is 11.6. The van der Waals surface area contributed by atoms with Gasteiger partial charge in [0, 0.05) is 32.6 Å². The summed E-state index contributed by atoms with van der Waals surface area (Å²) in [5, 5.41) is 3.15. The molecule has 0 radical (unpaired) electrons. The molecule has 0 atom stereocenters. The first-order valence-electron chi connectivity index (χ1n) is 5.92. The summed E-state index contributed by atoms with van der Waals surface area (Å²) in [5.41, 5.74) is 0. The Labute approximate surface area is 92.6 Å². The molecule has 4 heteroatoms. The zero-order valence-electron chi connectivity index (χ0n) is 9.96.